The van der Waals surface area contributed by atoms with Gasteiger partial charge in [-0.05, 0) is 6.42 Å². The minimum atomic E-state index is -0.264. The first kappa shape index (κ1) is 17.7. The number of carbonyl (C=O) groups excluding carboxylic acids is 3. The van der Waals surface area contributed by atoms with Crippen molar-refractivity contribution in [3.8, 4) is 0 Å². The zero-order chi connectivity index (χ0) is 15.2. The molecule has 5 nitrogen and oxygen atoms in total. The van der Waals surface area contributed by atoms with E-state index in [9.17, 15) is 14.4 Å². The van der Waals surface area contributed by atoms with E-state index in [-0.39, 0.29) is 23.0 Å². The number of rotatable bonds is 8. The van der Waals surface area contributed by atoms with Gasteiger partial charge in [0.15, 0.2) is 5.78 Å². The van der Waals surface area contributed by atoms with Crippen LogP contribution in [0, 0.1) is 5.41 Å². The van der Waals surface area contributed by atoms with Crippen molar-refractivity contribution in [1.82, 2.24) is 10.2 Å². The summed E-state index contributed by atoms with van der Waals surface area (Å²) in [6, 6.07) is 0. The van der Waals surface area contributed by atoms with Gasteiger partial charge in [0.2, 0.25) is 11.8 Å². The number of amides is 2. The van der Waals surface area contributed by atoms with E-state index in [0.29, 0.717) is 29.0 Å². The van der Waals surface area contributed by atoms with Crippen molar-refractivity contribution in [1.29, 1.82) is 0 Å². The van der Waals surface area contributed by atoms with Crippen LogP contribution < -0.4 is 5.32 Å². The smallest absolute Gasteiger partial charge is 0.230 e. The number of carbonyl (C=O) groups is 3. The molecule has 0 radical (unpaired) electrons. The molecule has 1 heterocycles. The normalized spacial score (nSPS) is 17.4. The molecule has 0 aromatic carbocycles. The van der Waals surface area contributed by atoms with Gasteiger partial charge in [0, 0.05) is 25.0 Å². The maximum Gasteiger partial charge on any atom is 0.230 e. The van der Waals surface area contributed by atoms with E-state index in [1.54, 1.807) is 4.90 Å². The maximum atomic E-state index is 12.0. The Hall–Kier alpha value is -0.310. The highest BCUT2D eigenvalue weighted by atomic mass is 127. The van der Waals surface area contributed by atoms with Gasteiger partial charge in [-0.15, -0.1) is 11.8 Å². The number of hydrogen-bond acceptors (Lipinski definition) is 4. The maximum absolute atomic E-state index is 12.0. The molecule has 0 aromatic rings. The molecule has 0 aliphatic carbocycles. The summed E-state index contributed by atoms with van der Waals surface area (Å²) in [4.78, 5) is 36.4. The largest absolute Gasteiger partial charge is 0.354 e. The van der Waals surface area contributed by atoms with Gasteiger partial charge >= 0.3 is 0 Å². The fraction of sp³-hybridized carbons (Fsp3) is 0.769. The van der Waals surface area contributed by atoms with Crippen molar-refractivity contribution < 1.29 is 14.4 Å². The zero-order valence-corrected chi connectivity index (χ0v) is 14.9. The SMILES string of the molecule is CC1(C)CCN(CCNC(=O)CSCC(=O)CI)C1=O. The van der Waals surface area contributed by atoms with E-state index in [2.05, 4.69) is 5.32 Å². The Bertz CT molecular complexity index is 388. The van der Waals surface area contributed by atoms with Crippen molar-refractivity contribution in [2.24, 2.45) is 5.41 Å². The molecule has 0 unspecified atom stereocenters. The predicted octanol–water partition coefficient (Wildman–Crippen LogP) is 1.10. The van der Waals surface area contributed by atoms with Crippen LogP contribution in [0.1, 0.15) is 20.3 Å². The molecule has 0 spiro atoms. The number of nitrogens with zero attached hydrogens (tertiary/aromatic N) is 1. The molecule has 114 valence electrons. The molecule has 0 aromatic heterocycles. The van der Waals surface area contributed by atoms with Gasteiger partial charge in [0.1, 0.15) is 0 Å². The Labute approximate surface area is 137 Å². The minimum absolute atomic E-state index is 0.0813. The molecule has 1 aliphatic heterocycles. The average Bonchev–Trinajstić information content (AvgIpc) is 2.65. The lowest BCUT2D eigenvalue weighted by Crippen LogP contribution is -2.38. The molecule has 2 amide bonds. The fourth-order valence-corrected chi connectivity index (χ4v) is 3.30. The zero-order valence-electron chi connectivity index (χ0n) is 11.9. The number of ketones is 1. The fourth-order valence-electron chi connectivity index (χ4n) is 1.94. The van der Waals surface area contributed by atoms with Crippen molar-refractivity contribution in [3.05, 3.63) is 0 Å². The molecule has 20 heavy (non-hydrogen) atoms. The van der Waals surface area contributed by atoms with Gasteiger partial charge in [-0.25, -0.2) is 0 Å². The van der Waals surface area contributed by atoms with Crippen LogP contribution in [0.5, 0.6) is 0 Å². The molecular formula is C13H21IN2O3S. The van der Waals surface area contributed by atoms with Crippen LogP contribution in [-0.4, -0.2) is 58.1 Å². The van der Waals surface area contributed by atoms with Crippen LogP contribution >= 0.6 is 34.4 Å². The van der Waals surface area contributed by atoms with Gasteiger partial charge in [0.05, 0.1) is 15.9 Å². The molecule has 0 bridgehead atoms. The van der Waals surface area contributed by atoms with Crippen LogP contribution in [0.25, 0.3) is 0 Å². The molecule has 7 heteroatoms. The second-order valence-corrected chi connectivity index (χ2v) is 7.19. The molecule has 1 saturated heterocycles. The Kier molecular flexibility index (Phi) is 7.28. The summed E-state index contributed by atoms with van der Waals surface area (Å²) in [5, 5.41) is 2.78. The van der Waals surface area contributed by atoms with E-state index in [0.717, 1.165) is 13.0 Å². The van der Waals surface area contributed by atoms with E-state index >= 15 is 0 Å². The van der Waals surface area contributed by atoms with E-state index in [1.807, 2.05) is 36.4 Å². The highest BCUT2D eigenvalue weighted by Crippen LogP contribution is 2.29. The highest BCUT2D eigenvalue weighted by molar-refractivity contribution is 14.1. The number of hydrogen-bond donors (Lipinski definition) is 1. The minimum Gasteiger partial charge on any atom is -0.354 e. The third kappa shape index (κ3) is 5.59. The summed E-state index contributed by atoms with van der Waals surface area (Å²) in [5.41, 5.74) is -0.264. The molecule has 0 saturated carbocycles. The van der Waals surface area contributed by atoms with Crippen molar-refractivity contribution in [3.63, 3.8) is 0 Å². The number of nitrogens with one attached hydrogen (secondary N) is 1. The van der Waals surface area contributed by atoms with Gasteiger partial charge in [-0.1, -0.05) is 36.4 Å². The third-order valence-electron chi connectivity index (χ3n) is 3.22. The number of alkyl halides is 1. The van der Waals surface area contributed by atoms with Crippen LogP contribution in [0.4, 0.5) is 0 Å². The van der Waals surface area contributed by atoms with E-state index in [4.69, 9.17) is 0 Å². The average molecular weight is 412 g/mol. The third-order valence-corrected chi connectivity index (χ3v) is 5.07. The first-order valence-electron chi connectivity index (χ1n) is 6.58. The quantitative estimate of drug-likeness (QED) is 0.479. The Balaban J connectivity index is 2.14. The van der Waals surface area contributed by atoms with Crippen molar-refractivity contribution in [2.75, 3.05) is 35.6 Å². The summed E-state index contributed by atoms with van der Waals surface area (Å²) >= 11 is 3.35. The van der Waals surface area contributed by atoms with Crippen LogP contribution in [0.15, 0.2) is 0 Å². The predicted molar refractivity (Wildman–Crippen MR) is 89.2 cm³/mol. The molecule has 1 rings (SSSR count). The molecule has 0 atom stereocenters. The summed E-state index contributed by atoms with van der Waals surface area (Å²) in [6.07, 6.45) is 0.869. The summed E-state index contributed by atoms with van der Waals surface area (Å²) in [7, 11) is 0. The number of thioether (sulfide) groups is 1. The monoisotopic (exact) mass is 412 g/mol. The van der Waals surface area contributed by atoms with Gasteiger partial charge in [-0.2, -0.15) is 0 Å². The summed E-state index contributed by atoms with van der Waals surface area (Å²) < 4.78 is 0.485. The van der Waals surface area contributed by atoms with Crippen molar-refractivity contribution in [2.45, 2.75) is 20.3 Å². The lowest BCUT2D eigenvalue weighted by Gasteiger charge is -2.19. The molecule has 1 N–H and O–H groups in total. The number of Topliss-reactive ketones (excluding diaryl/α,β-unsaturated/α-hetero) is 1. The molecular weight excluding hydrogens is 391 g/mol. The second kappa shape index (κ2) is 8.21. The lowest BCUT2D eigenvalue weighted by molar-refractivity contribution is -0.134. The topological polar surface area (TPSA) is 66.5 Å². The Morgan fingerprint density at radius 1 is 1.40 bits per heavy atom. The van der Waals surface area contributed by atoms with Crippen molar-refractivity contribution >= 4 is 52.0 Å². The van der Waals surface area contributed by atoms with Crippen LogP contribution in [0.3, 0.4) is 0 Å². The van der Waals surface area contributed by atoms with Crippen LogP contribution in [0.2, 0.25) is 0 Å². The second-order valence-electron chi connectivity index (χ2n) is 5.44. The van der Waals surface area contributed by atoms with Gasteiger partial charge < -0.3 is 10.2 Å². The summed E-state index contributed by atoms with van der Waals surface area (Å²) in [6.45, 7) is 5.71. The Morgan fingerprint density at radius 3 is 2.65 bits per heavy atom. The lowest BCUT2D eigenvalue weighted by atomic mass is 9.92. The standard InChI is InChI=1S/C13H21IN2O3S/c1-13(2)3-5-16(12(13)19)6-4-15-11(18)9-20-8-10(17)7-14/h3-9H2,1-2H3,(H,15,18). The first-order chi connectivity index (χ1) is 9.36. The Morgan fingerprint density at radius 2 is 2.10 bits per heavy atom. The first-order valence-corrected chi connectivity index (χ1v) is 9.26. The molecule has 1 fully saturated rings. The summed E-state index contributed by atoms with van der Waals surface area (Å²) in [5.74, 6) is 0.904. The highest BCUT2D eigenvalue weighted by Gasteiger charge is 2.37. The van der Waals surface area contributed by atoms with E-state index < -0.39 is 0 Å². The van der Waals surface area contributed by atoms with Gasteiger partial charge in [-0.3, -0.25) is 14.4 Å². The number of halogens is 1. The number of likely N-dealkylation sites (tertiary alicyclic amines) is 1. The van der Waals surface area contributed by atoms with Crippen LogP contribution in [-0.2, 0) is 14.4 Å². The van der Waals surface area contributed by atoms with E-state index in [1.165, 1.54) is 11.8 Å². The van der Waals surface area contributed by atoms with Gasteiger partial charge in [0.25, 0.3) is 0 Å². The molecule has 1 aliphatic rings.